The van der Waals surface area contributed by atoms with Crippen LogP contribution in [-0.4, -0.2) is 156 Å². The second kappa shape index (κ2) is 23.4. The van der Waals surface area contributed by atoms with E-state index in [9.17, 15) is 18.8 Å². The highest BCUT2D eigenvalue weighted by Crippen LogP contribution is 2.46. The zero-order chi connectivity index (χ0) is 56.7. The number of nitrogens with one attached hydrogen (secondary N) is 1. The molecule has 17 nitrogen and oxygen atoms in total. The van der Waals surface area contributed by atoms with Gasteiger partial charge in [0.15, 0.2) is 5.82 Å². The minimum Gasteiger partial charge on any atom is -0.461 e. The average Bonchev–Trinajstić information content (AvgIpc) is 4.18. The Hall–Kier alpha value is -6.85. The Kier molecular flexibility index (Phi) is 15.9. The summed E-state index contributed by atoms with van der Waals surface area (Å²) in [6.45, 7) is 8.40. The van der Waals surface area contributed by atoms with Crippen molar-refractivity contribution in [2.45, 2.75) is 126 Å². The molecule has 6 saturated heterocycles. The van der Waals surface area contributed by atoms with Gasteiger partial charge in [0.25, 0.3) is 0 Å². The number of rotatable bonds is 9. The number of halogens is 2. The molecule has 3 aromatic carbocycles. The van der Waals surface area contributed by atoms with Gasteiger partial charge < -0.3 is 33.6 Å². The van der Waals surface area contributed by atoms with Crippen LogP contribution in [-0.2, 0) is 42.1 Å². The quantitative estimate of drug-likeness (QED) is 0.0832. The molecule has 7 aliphatic heterocycles. The maximum Gasteiger partial charge on any atom is 0.319 e. The second-order valence-electron chi connectivity index (χ2n) is 23.9. The third-order valence-corrected chi connectivity index (χ3v) is 18.8. The van der Waals surface area contributed by atoms with Crippen molar-refractivity contribution in [3.8, 4) is 29.6 Å². The van der Waals surface area contributed by atoms with E-state index in [1.165, 1.54) is 24.6 Å². The number of terminal acetylenes is 1. The summed E-state index contributed by atoms with van der Waals surface area (Å²) in [7, 11) is 5.16. The van der Waals surface area contributed by atoms with Gasteiger partial charge in [0.2, 0.25) is 18.2 Å². The minimum absolute atomic E-state index is 0.00280. The number of anilines is 2. The summed E-state index contributed by atoms with van der Waals surface area (Å²) in [6, 6.07) is 15.0. The summed E-state index contributed by atoms with van der Waals surface area (Å²) < 4.78 is 56.7. The van der Waals surface area contributed by atoms with Crippen molar-refractivity contribution >= 4 is 62.3 Å². The number of pyridine rings is 1. The molecular weight excluding hydrogens is 1050 g/mol. The minimum atomic E-state index is -0.585. The van der Waals surface area contributed by atoms with Crippen LogP contribution in [0.1, 0.15) is 113 Å². The van der Waals surface area contributed by atoms with Crippen molar-refractivity contribution in [3.05, 3.63) is 77.1 Å². The number of likely N-dealkylation sites (tertiary alicyclic amines) is 1. The van der Waals surface area contributed by atoms with Crippen molar-refractivity contribution in [2.24, 2.45) is 12.5 Å². The van der Waals surface area contributed by atoms with E-state index >= 15 is 4.39 Å². The molecule has 8 aliphatic rings. The van der Waals surface area contributed by atoms with Crippen LogP contribution in [0.15, 0.2) is 48.5 Å². The maximum atomic E-state index is 16.9. The number of carbonyl (C=O) groups is 3. The highest BCUT2D eigenvalue weighted by atomic mass is 19.1. The first-order valence-electron chi connectivity index (χ1n) is 29.5. The predicted molar refractivity (Wildman–Crippen MR) is 309 cm³/mol. The molecule has 3 amide bonds. The lowest BCUT2D eigenvalue weighted by Gasteiger charge is -2.52. The third kappa shape index (κ3) is 10.6. The number of hydrogen-bond acceptors (Lipinski definition) is 14. The number of aromatic nitrogens is 5. The number of methoxy groups -OCH3 is 1. The van der Waals surface area contributed by atoms with Gasteiger partial charge in [0.1, 0.15) is 29.5 Å². The molecule has 14 rings (SSSR count). The number of aryl methyl sites for hydroxylation is 2. The molecule has 2 unspecified atom stereocenters. The van der Waals surface area contributed by atoms with Gasteiger partial charge >= 0.3 is 6.01 Å². The van der Waals surface area contributed by atoms with E-state index in [1.54, 1.807) is 26.4 Å². The van der Waals surface area contributed by atoms with Crippen molar-refractivity contribution in [2.75, 3.05) is 89.7 Å². The lowest BCUT2D eigenvalue weighted by Crippen LogP contribution is -2.57. The molecule has 2 atom stereocenters. The molecule has 19 heteroatoms. The van der Waals surface area contributed by atoms with Crippen molar-refractivity contribution in [1.29, 1.82) is 0 Å². The highest BCUT2D eigenvalue weighted by molar-refractivity contribution is 6.04. The molecule has 82 heavy (non-hydrogen) atoms. The van der Waals surface area contributed by atoms with E-state index in [4.69, 9.17) is 35.6 Å². The Morgan fingerprint density at radius 3 is 2.38 bits per heavy atom. The van der Waals surface area contributed by atoms with Crippen molar-refractivity contribution < 1.29 is 42.1 Å². The van der Waals surface area contributed by atoms with Crippen LogP contribution >= 0.6 is 0 Å². The van der Waals surface area contributed by atoms with Crippen LogP contribution in [0.25, 0.3) is 43.8 Å². The molecule has 1 aliphatic carbocycles. The molecule has 432 valence electrons. The smallest absolute Gasteiger partial charge is 0.319 e. The number of carbonyl (C=O) groups excluding carboxylic acids is 3. The molecule has 10 heterocycles. The number of ether oxygens (including phenoxy) is 4. The van der Waals surface area contributed by atoms with E-state index in [0.29, 0.717) is 89.9 Å². The van der Waals surface area contributed by atoms with Gasteiger partial charge in [-0.15, -0.1) is 6.42 Å². The SMILES string of the molecule is C#Cc1c(F)ccc2cccc(-c3nc4c5c(nc(OCC67CCCN6CCC7)nc5c3F)N3CCCOCC3CC4)c12.COC.Cn1nc(C2CCC(=O)NC2=O)c2ccc(N3CCC(OC4CCC5(CC4)CN(C=O)C5)CC3)cc21. The Balaban J connectivity index is 0.000000157. The van der Waals surface area contributed by atoms with Gasteiger partial charge in [0, 0.05) is 94.5 Å². The van der Waals surface area contributed by atoms with E-state index in [1.807, 2.05) is 28.8 Å². The number of nitrogens with zero attached hydrogens (tertiary/aromatic N) is 9. The number of hydrogen-bond donors (Lipinski definition) is 1. The van der Waals surface area contributed by atoms with Gasteiger partial charge in [-0.2, -0.15) is 15.1 Å². The molecule has 1 N–H and O–H groups in total. The van der Waals surface area contributed by atoms with Gasteiger partial charge in [-0.1, -0.05) is 30.2 Å². The van der Waals surface area contributed by atoms with Gasteiger partial charge in [-0.25, -0.2) is 13.8 Å². The zero-order valence-electron chi connectivity index (χ0n) is 47.4. The van der Waals surface area contributed by atoms with Crippen LogP contribution in [0.3, 0.4) is 0 Å². The Labute approximate surface area is 477 Å². The first-order chi connectivity index (χ1) is 39.9. The van der Waals surface area contributed by atoms with Crippen LogP contribution in [0, 0.1) is 29.4 Å². The fraction of sp³-hybridized carbons (Fsp3) is 0.540. The van der Waals surface area contributed by atoms with Gasteiger partial charge in [-0.3, -0.25) is 29.3 Å². The highest BCUT2D eigenvalue weighted by Gasteiger charge is 2.47. The first kappa shape index (κ1) is 55.7. The Morgan fingerprint density at radius 1 is 0.866 bits per heavy atom. The van der Waals surface area contributed by atoms with Crippen LogP contribution < -0.4 is 19.9 Å². The summed E-state index contributed by atoms with van der Waals surface area (Å²) in [5.74, 6) is 1.19. The number of amides is 3. The summed E-state index contributed by atoms with van der Waals surface area (Å²) in [4.78, 5) is 58.5. The number of piperidine rings is 2. The fourth-order valence-electron chi connectivity index (χ4n) is 14.6. The summed E-state index contributed by atoms with van der Waals surface area (Å²) in [6.07, 6.45) is 21.6. The monoisotopic (exact) mass is 1120 g/mol. The first-order valence-corrected chi connectivity index (χ1v) is 29.5. The second-order valence-corrected chi connectivity index (χ2v) is 23.9. The number of fused-ring (bicyclic) bond motifs is 5. The normalized spacial score (nSPS) is 22.5. The van der Waals surface area contributed by atoms with E-state index < -0.39 is 11.6 Å². The summed E-state index contributed by atoms with van der Waals surface area (Å²) in [5.41, 5.74) is 4.83. The topological polar surface area (TPSA) is 170 Å². The van der Waals surface area contributed by atoms with E-state index in [-0.39, 0.29) is 52.1 Å². The lowest BCUT2D eigenvalue weighted by molar-refractivity contribution is -0.136. The molecule has 3 aromatic heterocycles. The molecular formula is C63H74F2N10O7. The van der Waals surface area contributed by atoms with E-state index in [0.717, 1.165) is 133 Å². The molecule has 1 saturated carbocycles. The summed E-state index contributed by atoms with van der Waals surface area (Å²) >= 11 is 0. The molecule has 0 bridgehead atoms. The predicted octanol–water partition coefficient (Wildman–Crippen LogP) is 8.40. The fourth-order valence-corrected chi connectivity index (χ4v) is 14.6. The standard InChI is InChI=1S/C34H33F2N5O2.C27H35N5O4.C2H6O/c1-2-23-25(35)11-9-21-7-3-8-24(27(21)23)30-29(36)31-28-26(37-30)12-10-22-19-42-18-6-17-41(22)32(28)39-33(38-31)43-20-34-13-4-15-40(34)16-5-14-34;1-30-23-14-18(2-3-21(23)25(29-30)22-4-5-24(34)28-26(22)35)32-12-8-20(9-13-32)36-19-6-10-27(11-7-19)15-31(16-27)17-33;1-3-2/h1,3,7-9,11,22H,4-6,10,12-20H2;2-3,14,17,19-20,22H,4-13,15-16H2,1H3,(H,28,34,35);1-2H3. The van der Waals surface area contributed by atoms with Crippen molar-refractivity contribution in [3.63, 3.8) is 0 Å². The zero-order valence-corrected chi connectivity index (χ0v) is 47.4. The van der Waals surface area contributed by atoms with Crippen molar-refractivity contribution in [1.82, 2.24) is 39.8 Å². The molecule has 0 radical (unpaired) electrons. The Morgan fingerprint density at radius 2 is 1.63 bits per heavy atom. The van der Waals surface area contributed by atoms with Crippen LogP contribution in [0.2, 0.25) is 0 Å². The third-order valence-electron chi connectivity index (χ3n) is 18.8. The lowest BCUT2D eigenvalue weighted by atomic mass is 9.68. The van der Waals surface area contributed by atoms with Crippen LogP contribution in [0.4, 0.5) is 20.3 Å². The maximum absolute atomic E-state index is 16.9. The number of imide groups is 1. The number of benzene rings is 3. The Bertz CT molecular complexity index is 3420. The van der Waals surface area contributed by atoms with Gasteiger partial charge in [0.05, 0.1) is 64.2 Å². The average molecular weight is 1120 g/mol. The van der Waals surface area contributed by atoms with Crippen LogP contribution in [0.5, 0.6) is 6.01 Å². The van der Waals surface area contributed by atoms with E-state index in [2.05, 4.69) is 54.0 Å². The molecule has 1 spiro atoms. The largest absolute Gasteiger partial charge is 0.461 e. The molecule has 6 aromatic rings. The summed E-state index contributed by atoms with van der Waals surface area (Å²) in [5, 5.41) is 9.89. The molecule has 7 fully saturated rings. The van der Waals surface area contributed by atoms with Gasteiger partial charge in [-0.05, 0) is 133 Å².